The largest absolute Gasteiger partial charge is 0.481 e. The highest BCUT2D eigenvalue weighted by Crippen LogP contribution is 2.35. The molecule has 0 spiro atoms. The summed E-state index contributed by atoms with van der Waals surface area (Å²) in [4.78, 5) is 41.7. The van der Waals surface area contributed by atoms with Crippen LogP contribution < -0.4 is 0 Å². The molecular formula is C15H16N2O4S. The lowest BCUT2D eigenvalue weighted by molar-refractivity contribution is -0.137. The maximum atomic E-state index is 12.7. The number of carbonyl (C=O) groups excluding carboxylic acids is 2. The maximum Gasteiger partial charge on any atom is 0.308 e. The summed E-state index contributed by atoms with van der Waals surface area (Å²) < 4.78 is 0. The van der Waals surface area contributed by atoms with E-state index in [9.17, 15) is 14.4 Å². The molecule has 0 aromatic carbocycles. The van der Waals surface area contributed by atoms with Crippen LogP contribution in [0.5, 0.6) is 0 Å². The van der Waals surface area contributed by atoms with Gasteiger partial charge in [0.1, 0.15) is 11.1 Å². The molecule has 1 amide bonds. The van der Waals surface area contributed by atoms with Gasteiger partial charge in [-0.1, -0.05) is 6.07 Å². The van der Waals surface area contributed by atoms with Crippen molar-refractivity contribution in [1.82, 2.24) is 9.88 Å². The van der Waals surface area contributed by atoms with E-state index in [1.54, 1.807) is 31.4 Å². The molecule has 0 saturated heterocycles. The number of rotatable bonds is 6. The Morgan fingerprint density at radius 2 is 2.14 bits per heavy atom. The van der Waals surface area contributed by atoms with Crippen molar-refractivity contribution in [2.75, 3.05) is 12.8 Å². The monoisotopic (exact) mass is 320 g/mol. The first-order chi connectivity index (χ1) is 10.5. The molecule has 0 saturated carbocycles. The zero-order valence-corrected chi connectivity index (χ0v) is 13.1. The van der Waals surface area contributed by atoms with Gasteiger partial charge in [0, 0.05) is 23.9 Å². The predicted octanol–water partition coefficient (Wildman–Crippen LogP) is 1.59. The fourth-order valence-corrected chi connectivity index (χ4v) is 3.45. The Balaban J connectivity index is 2.53. The minimum Gasteiger partial charge on any atom is -0.481 e. The highest BCUT2D eigenvalue weighted by molar-refractivity contribution is 7.99. The van der Waals surface area contributed by atoms with Crippen LogP contribution in [0.2, 0.25) is 0 Å². The molecule has 22 heavy (non-hydrogen) atoms. The van der Waals surface area contributed by atoms with Gasteiger partial charge in [-0.05, 0) is 25.3 Å². The fraction of sp³-hybridized carbons (Fsp3) is 0.333. The first-order valence-corrected chi connectivity index (χ1v) is 8.04. The number of nitrogens with zero attached hydrogens (tertiary/aromatic N) is 2. The Morgan fingerprint density at radius 3 is 2.64 bits per heavy atom. The third-order valence-corrected chi connectivity index (χ3v) is 4.34. The average Bonchev–Trinajstić information content (AvgIpc) is 2.78. The van der Waals surface area contributed by atoms with E-state index in [0.717, 1.165) is 0 Å². The van der Waals surface area contributed by atoms with E-state index >= 15 is 0 Å². The maximum absolute atomic E-state index is 12.7. The number of hydrogen-bond acceptors (Lipinski definition) is 5. The summed E-state index contributed by atoms with van der Waals surface area (Å²) in [6.45, 7) is 2.21. The quantitative estimate of drug-likeness (QED) is 0.801. The Bertz CT molecular complexity index is 642. The number of Topliss-reactive ketones (excluding diaryl/α,β-unsaturated/α-hetero) is 1. The SMILES string of the molecule is CCN1C(=O)C(CC(=O)O)=C(C(=O)c2ccccn2)[C@@H]1SC. The van der Waals surface area contributed by atoms with Gasteiger partial charge in [-0.3, -0.25) is 19.4 Å². The Labute approximate surface area is 132 Å². The second kappa shape index (κ2) is 6.74. The molecule has 0 fully saturated rings. The Kier molecular flexibility index (Phi) is 4.97. The lowest BCUT2D eigenvalue weighted by atomic mass is 10.0. The lowest BCUT2D eigenvalue weighted by Gasteiger charge is -2.23. The summed E-state index contributed by atoms with van der Waals surface area (Å²) in [5, 5.41) is 8.57. The Hall–Kier alpha value is -2.15. The fourth-order valence-electron chi connectivity index (χ4n) is 2.46. The summed E-state index contributed by atoms with van der Waals surface area (Å²) >= 11 is 1.34. The molecule has 0 unspecified atom stereocenters. The van der Waals surface area contributed by atoms with Crippen LogP contribution in [0, 0.1) is 0 Å². The van der Waals surface area contributed by atoms with Crippen molar-refractivity contribution in [2.24, 2.45) is 0 Å². The van der Waals surface area contributed by atoms with E-state index in [2.05, 4.69) is 4.98 Å². The van der Waals surface area contributed by atoms with Crippen LogP contribution in [0.3, 0.4) is 0 Å². The van der Waals surface area contributed by atoms with Gasteiger partial charge in [0.25, 0.3) is 5.91 Å². The van der Waals surface area contributed by atoms with Gasteiger partial charge < -0.3 is 10.0 Å². The molecule has 116 valence electrons. The topological polar surface area (TPSA) is 87.6 Å². The van der Waals surface area contributed by atoms with E-state index in [0.29, 0.717) is 6.54 Å². The number of aliphatic carboxylic acids is 1. The van der Waals surface area contributed by atoms with E-state index in [4.69, 9.17) is 5.11 Å². The van der Waals surface area contributed by atoms with Crippen LogP contribution in [-0.2, 0) is 9.59 Å². The summed E-state index contributed by atoms with van der Waals surface area (Å²) in [5.41, 5.74) is 0.509. The molecule has 0 radical (unpaired) electrons. The van der Waals surface area contributed by atoms with Gasteiger partial charge in [0.2, 0.25) is 5.78 Å². The van der Waals surface area contributed by atoms with Crippen molar-refractivity contribution in [3.63, 3.8) is 0 Å². The zero-order valence-electron chi connectivity index (χ0n) is 12.3. The molecule has 2 rings (SSSR count). The number of thioether (sulfide) groups is 1. The van der Waals surface area contributed by atoms with Crippen LogP contribution >= 0.6 is 11.8 Å². The normalized spacial score (nSPS) is 18.0. The molecule has 1 N–H and O–H groups in total. The molecule has 1 aliphatic rings. The average molecular weight is 320 g/mol. The number of pyridine rings is 1. The van der Waals surface area contributed by atoms with Crippen LogP contribution in [0.25, 0.3) is 0 Å². The summed E-state index contributed by atoms with van der Waals surface area (Å²) in [5.74, 6) is -1.91. The molecule has 6 nitrogen and oxygen atoms in total. The highest BCUT2D eigenvalue weighted by atomic mass is 32.2. The van der Waals surface area contributed by atoms with Crippen LogP contribution in [0.15, 0.2) is 35.5 Å². The molecule has 2 heterocycles. The van der Waals surface area contributed by atoms with Crippen molar-refractivity contribution in [3.05, 3.63) is 41.2 Å². The van der Waals surface area contributed by atoms with Gasteiger partial charge >= 0.3 is 5.97 Å². The van der Waals surface area contributed by atoms with Gasteiger partial charge in [0.05, 0.1) is 6.42 Å². The molecule has 1 aromatic rings. The smallest absolute Gasteiger partial charge is 0.308 e. The molecule has 1 aliphatic heterocycles. The number of carbonyl (C=O) groups is 3. The van der Waals surface area contributed by atoms with E-state index in [1.165, 1.54) is 22.9 Å². The molecule has 1 atom stereocenters. The van der Waals surface area contributed by atoms with Crippen molar-refractivity contribution in [3.8, 4) is 0 Å². The van der Waals surface area contributed by atoms with Gasteiger partial charge in [-0.25, -0.2) is 0 Å². The summed E-state index contributed by atoms with van der Waals surface area (Å²) in [6, 6.07) is 4.93. The van der Waals surface area contributed by atoms with Crippen LogP contribution in [0.1, 0.15) is 23.8 Å². The predicted molar refractivity (Wildman–Crippen MR) is 82.5 cm³/mol. The summed E-state index contributed by atoms with van der Waals surface area (Å²) in [7, 11) is 0. The number of likely N-dealkylation sites (N-methyl/N-ethyl adjacent to an activating group) is 1. The number of carboxylic acids is 1. The van der Waals surface area contributed by atoms with Crippen molar-refractivity contribution in [1.29, 1.82) is 0 Å². The number of amides is 1. The van der Waals surface area contributed by atoms with E-state index in [-0.39, 0.29) is 28.5 Å². The Morgan fingerprint density at radius 1 is 1.41 bits per heavy atom. The number of carboxylic acid groups (broad SMARTS) is 1. The second-order valence-corrected chi connectivity index (χ2v) is 5.60. The number of hydrogen-bond donors (Lipinski definition) is 1. The zero-order chi connectivity index (χ0) is 16.3. The van der Waals surface area contributed by atoms with Crippen molar-refractivity contribution < 1.29 is 19.5 Å². The standard InChI is InChI=1S/C15H16N2O4S/c1-3-17-14(21)9(8-11(18)19)12(15(17)22-2)13(20)10-6-4-5-7-16-10/h4-7,15H,3,8H2,1-2H3,(H,18,19)/t15-/m0/s1. The second-order valence-electron chi connectivity index (χ2n) is 4.69. The third-order valence-electron chi connectivity index (χ3n) is 3.41. The molecule has 1 aromatic heterocycles. The lowest BCUT2D eigenvalue weighted by Crippen LogP contribution is -2.34. The molecule has 0 aliphatic carbocycles. The van der Waals surface area contributed by atoms with Gasteiger partial charge in [-0.15, -0.1) is 11.8 Å². The molecular weight excluding hydrogens is 304 g/mol. The van der Waals surface area contributed by atoms with Crippen molar-refractivity contribution in [2.45, 2.75) is 18.7 Å². The van der Waals surface area contributed by atoms with Gasteiger partial charge in [-0.2, -0.15) is 0 Å². The minimum atomic E-state index is -1.13. The summed E-state index contributed by atoms with van der Waals surface area (Å²) in [6.07, 6.45) is 2.82. The van der Waals surface area contributed by atoms with E-state index < -0.39 is 17.8 Å². The highest BCUT2D eigenvalue weighted by Gasteiger charge is 2.42. The number of ketones is 1. The molecule has 0 bridgehead atoms. The first-order valence-electron chi connectivity index (χ1n) is 6.75. The number of aromatic nitrogens is 1. The minimum absolute atomic E-state index is 0.0596. The van der Waals surface area contributed by atoms with Crippen LogP contribution in [-0.4, -0.2) is 50.8 Å². The molecule has 7 heteroatoms. The van der Waals surface area contributed by atoms with Crippen molar-refractivity contribution >= 4 is 29.4 Å². The van der Waals surface area contributed by atoms with Crippen LogP contribution in [0.4, 0.5) is 0 Å². The van der Waals surface area contributed by atoms with E-state index in [1.807, 2.05) is 0 Å². The third kappa shape index (κ3) is 2.89. The van der Waals surface area contributed by atoms with Gasteiger partial charge in [0.15, 0.2) is 0 Å². The first kappa shape index (κ1) is 16.2.